The molecule has 0 bridgehead atoms. The summed E-state index contributed by atoms with van der Waals surface area (Å²) >= 11 is 0. The minimum atomic E-state index is -3.77. The Balaban J connectivity index is 1.92. The van der Waals surface area contributed by atoms with Crippen molar-refractivity contribution in [3.8, 4) is 0 Å². The van der Waals surface area contributed by atoms with E-state index in [4.69, 9.17) is 0 Å². The van der Waals surface area contributed by atoms with Crippen molar-refractivity contribution in [2.75, 3.05) is 13.6 Å². The van der Waals surface area contributed by atoms with Crippen molar-refractivity contribution in [3.05, 3.63) is 65.5 Å². The highest BCUT2D eigenvalue weighted by Gasteiger charge is 2.19. The summed E-state index contributed by atoms with van der Waals surface area (Å²) in [5.74, 6) is -0.747. The lowest BCUT2D eigenvalue weighted by Crippen LogP contribution is -2.33. The largest absolute Gasteiger partial charge is 0.339 e. The maximum atomic E-state index is 13.0. The zero-order valence-electron chi connectivity index (χ0n) is 16.0. The standard InChI is InChI=1S/C20H23FN2O4S/c1-14(16-4-8-18(21)9-5-16)23(3)20(25)12-13-22-28(26,27)19-10-6-17(7-11-19)15(2)24/h4-11,14,22H,12-13H2,1-3H3. The Kier molecular flexibility index (Phi) is 7.04. The molecule has 6 nitrogen and oxygen atoms in total. The Morgan fingerprint density at radius 1 is 1.07 bits per heavy atom. The van der Waals surface area contributed by atoms with Crippen molar-refractivity contribution in [1.29, 1.82) is 0 Å². The van der Waals surface area contributed by atoms with Crippen LogP contribution in [0, 0.1) is 5.82 Å². The second-order valence-corrected chi connectivity index (χ2v) is 8.23. The van der Waals surface area contributed by atoms with Crippen molar-refractivity contribution in [2.45, 2.75) is 31.2 Å². The Morgan fingerprint density at radius 3 is 2.18 bits per heavy atom. The van der Waals surface area contributed by atoms with Gasteiger partial charge in [0, 0.05) is 25.6 Å². The van der Waals surface area contributed by atoms with Crippen LogP contribution < -0.4 is 4.72 Å². The average Bonchev–Trinajstić information content (AvgIpc) is 2.67. The SMILES string of the molecule is CC(=O)c1ccc(S(=O)(=O)NCCC(=O)N(C)C(C)c2ccc(F)cc2)cc1. The van der Waals surface area contributed by atoms with Crippen molar-refractivity contribution in [2.24, 2.45) is 0 Å². The number of nitrogens with zero attached hydrogens (tertiary/aromatic N) is 1. The fraction of sp³-hybridized carbons (Fsp3) is 0.300. The smallest absolute Gasteiger partial charge is 0.240 e. The topological polar surface area (TPSA) is 83.5 Å². The number of Topliss-reactive ketones (excluding diaryl/α,β-unsaturated/α-hetero) is 1. The number of hydrogen-bond donors (Lipinski definition) is 1. The average molecular weight is 406 g/mol. The minimum Gasteiger partial charge on any atom is -0.339 e. The van der Waals surface area contributed by atoms with Gasteiger partial charge in [-0.25, -0.2) is 17.5 Å². The van der Waals surface area contributed by atoms with Gasteiger partial charge in [0.25, 0.3) is 0 Å². The van der Waals surface area contributed by atoms with E-state index in [1.165, 1.54) is 48.2 Å². The van der Waals surface area contributed by atoms with Crippen LogP contribution in [-0.4, -0.2) is 38.6 Å². The minimum absolute atomic E-state index is 0.0210. The number of sulfonamides is 1. The summed E-state index contributed by atoms with van der Waals surface area (Å²) < 4.78 is 40.0. The summed E-state index contributed by atoms with van der Waals surface area (Å²) in [7, 11) is -2.16. The van der Waals surface area contributed by atoms with Crippen LogP contribution in [0.15, 0.2) is 53.4 Å². The van der Waals surface area contributed by atoms with Gasteiger partial charge >= 0.3 is 0 Å². The lowest BCUT2D eigenvalue weighted by atomic mass is 10.1. The molecule has 8 heteroatoms. The maximum Gasteiger partial charge on any atom is 0.240 e. The van der Waals surface area contributed by atoms with Crippen molar-refractivity contribution < 1.29 is 22.4 Å². The first-order chi connectivity index (χ1) is 13.1. The Morgan fingerprint density at radius 2 is 1.64 bits per heavy atom. The molecule has 0 aromatic heterocycles. The van der Waals surface area contributed by atoms with Crippen LogP contribution in [0.5, 0.6) is 0 Å². The third kappa shape index (κ3) is 5.46. The first-order valence-corrected chi connectivity index (χ1v) is 10.2. The van der Waals surface area contributed by atoms with E-state index in [1.807, 2.05) is 6.92 Å². The predicted octanol–water partition coefficient (Wildman–Crippen LogP) is 2.92. The monoisotopic (exact) mass is 406 g/mol. The summed E-state index contributed by atoms with van der Waals surface area (Å²) in [4.78, 5) is 25.1. The second-order valence-electron chi connectivity index (χ2n) is 6.46. The van der Waals surface area contributed by atoms with Crippen LogP contribution >= 0.6 is 0 Å². The predicted molar refractivity (Wildman–Crippen MR) is 104 cm³/mol. The lowest BCUT2D eigenvalue weighted by molar-refractivity contribution is -0.131. The molecular formula is C20H23FN2O4S. The molecule has 1 amide bonds. The fourth-order valence-corrected chi connectivity index (χ4v) is 3.63. The highest BCUT2D eigenvalue weighted by molar-refractivity contribution is 7.89. The van der Waals surface area contributed by atoms with Gasteiger partial charge in [0.2, 0.25) is 15.9 Å². The quantitative estimate of drug-likeness (QED) is 0.684. The van der Waals surface area contributed by atoms with E-state index >= 15 is 0 Å². The molecule has 0 fully saturated rings. The Bertz CT molecular complexity index is 941. The molecule has 0 saturated carbocycles. The summed E-state index contributed by atoms with van der Waals surface area (Å²) in [6, 6.07) is 11.2. The zero-order chi connectivity index (χ0) is 20.9. The van der Waals surface area contributed by atoms with E-state index in [0.29, 0.717) is 5.56 Å². The van der Waals surface area contributed by atoms with Gasteiger partial charge in [0.05, 0.1) is 10.9 Å². The molecular weight excluding hydrogens is 383 g/mol. The fourth-order valence-electron chi connectivity index (χ4n) is 2.60. The summed E-state index contributed by atoms with van der Waals surface area (Å²) in [5.41, 5.74) is 1.20. The van der Waals surface area contributed by atoms with Gasteiger partial charge in [-0.15, -0.1) is 0 Å². The van der Waals surface area contributed by atoms with E-state index in [2.05, 4.69) is 4.72 Å². The molecule has 2 aromatic rings. The third-order valence-electron chi connectivity index (χ3n) is 4.53. The summed E-state index contributed by atoms with van der Waals surface area (Å²) in [6.07, 6.45) is -0.0210. The molecule has 1 unspecified atom stereocenters. The molecule has 0 spiro atoms. The van der Waals surface area contributed by atoms with Gasteiger partial charge < -0.3 is 4.90 Å². The normalized spacial score (nSPS) is 12.4. The number of rotatable bonds is 8. The zero-order valence-corrected chi connectivity index (χ0v) is 16.8. The summed E-state index contributed by atoms with van der Waals surface area (Å²) in [6.45, 7) is 3.15. The molecule has 150 valence electrons. The number of benzene rings is 2. The number of halogens is 1. The molecule has 0 aliphatic carbocycles. The van der Waals surface area contributed by atoms with Crippen molar-refractivity contribution >= 4 is 21.7 Å². The summed E-state index contributed by atoms with van der Waals surface area (Å²) in [5, 5.41) is 0. The molecule has 1 atom stereocenters. The molecule has 0 saturated heterocycles. The van der Waals surface area contributed by atoms with Crippen LogP contribution in [0.2, 0.25) is 0 Å². The lowest BCUT2D eigenvalue weighted by Gasteiger charge is -2.25. The maximum absolute atomic E-state index is 13.0. The number of carbonyl (C=O) groups excluding carboxylic acids is 2. The second kappa shape index (κ2) is 9.07. The van der Waals surface area contributed by atoms with Crippen LogP contribution in [0.4, 0.5) is 4.39 Å². The molecule has 2 rings (SSSR count). The first-order valence-electron chi connectivity index (χ1n) is 8.73. The molecule has 2 aromatic carbocycles. The van der Waals surface area contributed by atoms with Gasteiger partial charge in [-0.3, -0.25) is 9.59 Å². The Hall–Kier alpha value is -2.58. The molecule has 28 heavy (non-hydrogen) atoms. The van der Waals surface area contributed by atoms with E-state index in [1.54, 1.807) is 19.2 Å². The van der Waals surface area contributed by atoms with E-state index in [-0.39, 0.29) is 41.4 Å². The third-order valence-corrected chi connectivity index (χ3v) is 6.01. The van der Waals surface area contributed by atoms with Crippen molar-refractivity contribution in [3.63, 3.8) is 0 Å². The van der Waals surface area contributed by atoms with E-state index in [0.717, 1.165) is 5.56 Å². The molecule has 0 aliphatic rings. The van der Waals surface area contributed by atoms with Crippen LogP contribution in [0.25, 0.3) is 0 Å². The highest BCUT2D eigenvalue weighted by Crippen LogP contribution is 2.19. The molecule has 0 heterocycles. The van der Waals surface area contributed by atoms with Gasteiger partial charge in [0.15, 0.2) is 5.78 Å². The van der Waals surface area contributed by atoms with Crippen LogP contribution in [-0.2, 0) is 14.8 Å². The van der Waals surface area contributed by atoms with Gasteiger partial charge in [0.1, 0.15) is 5.82 Å². The number of ketones is 1. The molecule has 0 radical (unpaired) electrons. The number of nitrogens with one attached hydrogen (secondary N) is 1. The van der Waals surface area contributed by atoms with Gasteiger partial charge in [-0.05, 0) is 43.7 Å². The number of amides is 1. The van der Waals surface area contributed by atoms with Crippen LogP contribution in [0.1, 0.15) is 42.2 Å². The van der Waals surface area contributed by atoms with Crippen LogP contribution in [0.3, 0.4) is 0 Å². The Labute approximate surface area is 164 Å². The van der Waals surface area contributed by atoms with E-state index < -0.39 is 10.0 Å². The number of carbonyl (C=O) groups is 2. The van der Waals surface area contributed by atoms with Crippen molar-refractivity contribution in [1.82, 2.24) is 9.62 Å². The van der Waals surface area contributed by atoms with Gasteiger partial charge in [-0.2, -0.15) is 0 Å². The highest BCUT2D eigenvalue weighted by atomic mass is 32.2. The van der Waals surface area contributed by atoms with E-state index in [9.17, 15) is 22.4 Å². The number of hydrogen-bond acceptors (Lipinski definition) is 4. The molecule has 1 N–H and O–H groups in total. The van der Waals surface area contributed by atoms with Gasteiger partial charge in [-0.1, -0.05) is 24.3 Å². The first kappa shape index (κ1) is 21.7. The molecule has 0 aliphatic heterocycles.